The average Bonchev–Trinajstić information content (AvgIpc) is 2.84. The molecule has 0 heterocycles. The fourth-order valence-corrected chi connectivity index (χ4v) is 4.02. The van der Waals surface area contributed by atoms with Crippen LogP contribution in [0.1, 0.15) is 123 Å². The Kier molecular flexibility index (Phi) is 24.6. The van der Waals surface area contributed by atoms with Gasteiger partial charge in [-0.2, -0.15) is 0 Å². The van der Waals surface area contributed by atoms with Crippen molar-refractivity contribution in [3.05, 3.63) is 36.5 Å². The third-order valence-electron chi connectivity index (χ3n) is 6.25. The van der Waals surface area contributed by atoms with Crippen molar-refractivity contribution in [2.75, 3.05) is 6.61 Å². The third kappa shape index (κ3) is 22.8. The zero-order valence-corrected chi connectivity index (χ0v) is 22.7. The minimum Gasteiger partial charge on any atom is -0.394 e. The predicted octanol–water partition coefficient (Wildman–Crippen LogP) is 6.53. The smallest absolute Gasteiger partial charge is 0.222 e. The largest absolute Gasteiger partial charge is 0.394 e. The van der Waals surface area contributed by atoms with Gasteiger partial charge in [-0.3, -0.25) is 4.79 Å². The molecule has 204 valence electrons. The highest BCUT2D eigenvalue weighted by Gasteiger charge is 2.19. The van der Waals surface area contributed by atoms with E-state index in [4.69, 9.17) is 0 Å². The normalized spacial score (nSPS) is 14.8. The molecule has 3 atom stereocenters. The first kappa shape index (κ1) is 33.6. The van der Waals surface area contributed by atoms with Gasteiger partial charge in [0.05, 0.1) is 31.3 Å². The quantitative estimate of drug-likeness (QED) is 0.0909. The Labute approximate surface area is 215 Å². The summed E-state index contributed by atoms with van der Waals surface area (Å²) in [5, 5.41) is 32.6. The van der Waals surface area contributed by atoms with E-state index in [9.17, 15) is 20.1 Å². The van der Waals surface area contributed by atoms with Crippen LogP contribution in [-0.2, 0) is 4.79 Å². The van der Waals surface area contributed by atoms with Crippen molar-refractivity contribution in [3.63, 3.8) is 0 Å². The Morgan fingerprint density at radius 2 is 1.29 bits per heavy atom. The van der Waals surface area contributed by atoms with Gasteiger partial charge in [0.25, 0.3) is 0 Å². The van der Waals surface area contributed by atoms with E-state index >= 15 is 0 Å². The number of aliphatic hydroxyl groups excluding tert-OH is 3. The number of hydrogen-bond donors (Lipinski definition) is 4. The van der Waals surface area contributed by atoms with E-state index in [1.54, 1.807) is 6.08 Å². The summed E-state index contributed by atoms with van der Waals surface area (Å²) < 4.78 is 0. The second kappa shape index (κ2) is 25.7. The molecule has 0 aliphatic heterocycles. The number of allylic oxidation sites excluding steroid dienone is 5. The monoisotopic (exact) mass is 493 g/mol. The Balaban J connectivity index is 3.89. The fourth-order valence-electron chi connectivity index (χ4n) is 4.02. The maximum atomic E-state index is 12.2. The number of carbonyl (C=O) groups excluding carboxylic acids is 1. The lowest BCUT2D eigenvalue weighted by Crippen LogP contribution is -2.45. The second-order valence-corrected chi connectivity index (χ2v) is 9.65. The summed E-state index contributed by atoms with van der Waals surface area (Å²) in [6.07, 6.45) is 28.5. The number of amides is 1. The van der Waals surface area contributed by atoms with Crippen LogP contribution in [0.4, 0.5) is 0 Å². The van der Waals surface area contributed by atoms with Crippen molar-refractivity contribution in [1.82, 2.24) is 5.32 Å². The highest BCUT2D eigenvalue weighted by atomic mass is 16.3. The lowest BCUT2D eigenvalue weighted by molar-refractivity contribution is -0.124. The van der Waals surface area contributed by atoms with E-state index in [1.807, 2.05) is 19.1 Å². The van der Waals surface area contributed by atoms with Crippen molar-refractivity contribution >= 4 is 5.91 Å². The van der Waals surface area contributed by atoms with Crippen LogP contribution in [0.2, 0.25) is 0 Å². The standard InChI is InChI=1S/C30H55NO4/c1-3-5-7-9-11-13-14-16-17-19-21-23-27(33)25-30(35)31-28(26-32)29(34)24-22-20-18-15-12-10-8-6-4-2/h4,6,12,15,22,24,27-29,32-34H,3,5,7-11,13-14,16-21,23,25-26H2,1-2H3,(H,31,35)/b6-4+,15-12+,24-22+. The molecule has 3 unspecified atom stereocenters. The first-order chi connectivity index (χ1) is 17.0. The van der Waals surface area contributed by atoms with Crippen LogP contribution in [0.15, 0.2) is 36.5 Å². The number of nitrogens with one attached hydrogen (secondary N) is 1. The number of hydrogen-bond acceptors (Lipinski definition) is 4. The van der Waals surface area contributed by atoms with Crippen LogP contribution in [0, 0.1) is 0 Å². The molecule has 35 heavy (non-hydrogen) atoms. The van der Waals surface area contributed by atoms with Crippen molar-refractivity contribution < 1.29 is 20.1 Å². The van der Waals surface area contributed by atoms with Crippen molar-refractivity contribution in [3.8, 4) is 0 Å². The molecule has 0 bridgehead atoms. The maximum absolute atomic E-state index is 12.2. The van der Waals surface area contributed by atoms with E-state index in [1.165, 1.54) is 57.8 Å². The summed E-state index contributed by atoms with van der Waals surface area (Å²) >= 11 is 0. The van der Waals surface area contributed by atoms with Gasteiger partial charge in [0.1, 0.15) is 0 Å². The third-order valence-corrected chi connectivity index (χ3v) is 6.25. The maximum Gasteiger partial charge on any atom is 0.222 e. The predicted molar refractivity (Wildman–Crippen MR) is 148 cm³/mol. The Hall–Kier alpha value is -1.43. The molecular formula is C30H55NO4. The number of unbranched alkanes of at least 4 members (excludes halogenated alkanes) is 12. The first-order valence-corrected chi connectivity index (χ1v) is 14.2. The zero-order chi connectivity index (χ0) is 26.0. The van der Waals surface area contributed by atoms with Crippen LogP contribution >= 0.6 is 0 Å². The summed E-state index contributed by atoms with van der Waals surface area (Å²) in [5.74, 6) is -0.337. The zero-order valence-electron chi connectivity index (χ0n) is 22.7. The van der Waals surface area contributed by atoms with Crippen LogP contribution in [0.5, 0.6) is 0 Å². The van der Waals surface area contributed by atoms with Crippen molar-refractivity contribution in [1.29, 1.82) is 0 Å². The second-order valence-electron chi connectivity index (χ2n) is 9.65. The lowest BCUT2D eigenvalue weighted by atomic mass is 10.0. The molecular weight excluding hydrogens is 438 g/mol. The molecule has 0 radical (unpaired) electrons. The Bertz CT molecular complexity index is 559. The number of carbonyl (C=O) groups is 1. The molecule has 0 aromatic heterocycles. The minimum atomic E-state index is -0.952. The van der Waals surface area contributed by atoms with E-state index < -0.39 is 18.2 Å². The van der Waals surface area contributed by atoms with Gasteiger partial charge in [0.15, 0.2) is 0 Å². The van der Waals surface area contributed by atoms with Gasteiger partial charge in [-0.15, -0.1) is 0 Å². The van der Waals surface area contributed by atoms with Crippen LogP contribution in [-0.4, -0.2) is 46.1 Å². The average molecular weight is 494 g/mol. The van der Waals surface area contributed by atoms with Crippen LogP contribution in [0.25, 0.3) is 0 Å². The fraction of sp³-hybridized carbons (Fsp3) is 0.767. The summed E-state index contributed by atoms with van der Waals surface area (Å²) in [6.45, 7) is 3.91. The molecule has 5 heteroatoms. The Morgan fingerprint density at radius 3 is 1.83 bits per heavy atom. The molecule has 0 spiro atoms. The van der Waals surface area contributed by atoms with Gasteiger partial charge >= 0.3 is 0 Å². The molecule has 1 amide bonds. The van der Waals surface area contributed by atoms with Gasteiger partial charge in [-0.1, -0.05) is 114 Å². The molecule has 0 fully saturated rings. The highest BCUT2D eigenvalue weighted by Crippen LogP contribution is 2.13. The minimum absolute atomic E-state index is 0.00269. The molecule has 0 aromatic rings. The molecule has 0 aromatic carbocycles. The summed E-state index contributed by atoms with van der Waals surface area (Å²) in [5.41, 5.74) is 0. The van der Waals surface area contributed by atoms with Crippen molar-refractivity contribution in [2.45, 2.75) is 141 Å². The van der Waals surface area contributed by atoms with Gasteiger partial charge < -0.3 is 20.6 Å². The van der Waals surface area contributed by atoms with E-state index in [-0.39, 0.29) is 18.9 Å². The first-order valence-electron chi connectivity index (χ1n) is 14.2. The Morgan fingerprint density at radius 1 is 0.771 bits per heavy atom. The van der Waals surface area contributed by atoms with Crippen LogP contribution < -0.4 is 5.32 Å². The van der Waals surface area contributed by atoms with Crippen molar-refractivity contribution in [2.24, 2.45) is 0 Å². The molecule has 0 rings (SSSR count). The molecule has 0 saturated carbocycles. The number of aliphatic hydroxyl groups is 3. The lowest BCUT2D eigenvalue weighted by Gasteiger charge is -2.21. The summed E-state index contributed by atoms with van der Waals surface area (Å²) in [7, 11) is 0. The molecule has 0 saturated heterocycles. The summed E-state index contributed by atoms with van der Waals surface area (Å²) in [6, 6.07) is -0.760. The molecule has 0 aliphatic carbocycles. The van der Waals surface area contributed by atoms with Crippen LogP contribution in [0.3, 0.4) is 0 Å². The van der Waals surface area contributed by atoms with Gasteiger partial charge in [-0.05, 0) is 39.0 Å². The number of rotatable bonds is 24. The van der Waals surface area contributed by atoms with Gasteiger partial charge in [0.2, 0.25) is 5.91 Å². The molecule has 5 nitrogen and oxygen atoms in total. The van der Waals surface area contributed by atoms with Gasteiger partial charge in [-0.25, -0.2) is 0 Å². The van der Waals surface area contributed by atoms with Gasteiger partial charge in [0, 0.05) is 0 Å². The summed E-state index contributed by atoms with van der Waals surface area (Å²) in [4.78, 5) is 12.2. The molecule has 0 aliphatic rings. The topological polar surface area (TPSA) is 89.8 Å². The van der Waals surface area contributed by atoms with E-state index in [0.29, 0.717) is 6.42 Å². The van der Waals surface area contributed by atoms with E-state index in [2.05, 4.69) is 30.5 Å². The molecule has 4 N–H and O–H groups in total. The highest BCUT2D eigenvalue weighted by molar-refractivity contribution is 5.76. The van der Waals surface area contributed by atoms with E-state index in [0.717, 1.165) is 38.5 Å². The SMILES string of the molecule is C/C=C/CC/C=C/CC/C=C/C(O)C(CO)NC(=O)CC(O)CCCCCCCCCCCCC.